The molecule has 4 heteroatoms. The van der Waals surface area contributed by atoms with E-state index in [-0.39, 0.29) is 0 Å². The predicted octanol–water partition coefficient (Wildman–Crippen LogP) is 2.77. The van der Waals surface area contributed by atoms with Crippen molar-refractivity contribution in [2.75, 3.05) is 13.2 Å². The fourth-order valence-electron chi connectivity index (χ4n) is 0.472. The minimum absolute atomic E-state index is 0.652. The normalized spacial score (nSPS) is 8.43. The molecule has 0 heterocycles. The van der Waals surface area contributed by atoms with E-state index in [9.17, 15) is 0 Å². The average Bonchev–Trinajstić information content (AvgIpc) is 2.02. The van der Waals surface area contributed by atoms with Gasteiger partial charge in [0, 0.05) is 0 Å². The smallest absolute Gasteiger partial charge is 0.450 e. The average molecular weight is 202 g/mol. The third-order valence-electron chi connectivity index (χ3n) is 1.15. The van der Waals surface area contributed by atoms with Crippen LogP contribution in [0.1, 0.15) is 20.3 Å². The first kappa shape index (κ1) is 15.2. The molecule has 0 spiro atoms. The molecule has 0 saturated carbocycles. The zero-order valence-electron chi connectivity index (χ0n) is 8.75. The molecule has 14 heavy (non-hydrogen) atoms. The first-order chi connectivity index (χ1) is 6.40. The number of rotatable bonds is 5. The van der Waals surface area contributed by atoms with Crippen LogP contribution < -0.4 is 0 Å². The van der Waals surface area contributed by atoms with Crippen molar-refractivity contribution in [1.82, 2.24) is 0 Å². The minimum Gasteiger partial charge on any atom is -0.450 e. The summed E-state index contributed by atoms with van der Waals surface area (Å²) >= 11 is 0. The largest absolute Gasteiger partial charge is 0.503 e. The summed E-state index contributed by atoms with van der Waals surface area (Å²) in [7, 11) is 0. The lowest BCUT2D eigenvalue weighted by molar-refractivity contribution is 0.137. The van der Waals surface area contributed by atoms with Crippen molar-refractivity contribution in [1.29, 1.82) is 0 Å². The Morgan fingerprint density at radius 3 is 2.00 bits per heavy atom. The van der Waals surface area contributed by atoms with Crippen molar-refractivity contribution < 1.29 is 19.7 Å². The molecule has 0 aromatic carbocycles. The predicted molar refractivity (Wildman–Crippen MR) is 55.7 cm³/mol. The summed E-state index contributed by atoms with van der Waals surface area (Å²) < 4.78 is 5.25. The van der Waals surface area contributed by atoms with Gasteiger partial charge in [0.2, 0.25) is 0 Å². The van der Waals surface area contributed by atoms with Crippen LogP contribution in [0.3, 0.4) is 0 Å². The van der Waals surface area contributed by atoms with Crippen LogP contribution in [0.25, 0.3) is 0 Å². The van der Waals surface area contributed by atoms with Crippen molar-refractivity contribution in [3.63, 3.8) is 0 Å². The summed E-state index contributed by atoms with van der Waals surface area (Å²) in [5, 5.41) is 13.9. The first-order valence-corrected chi connectivity index (χ1v) is 4.20. The van der Waals surface area contributed by atoms with Gasteiger partial charge in [-0.2, -0.15) is 0 Å². The SMILES string of the molecule is C=C(C)COCC(=C)CC.O=C(O)O. The number of carbonyl (C=O) groups is 1. The van der Waals surface area contributed by atoms with Gasteiger partial charge >= 0.3 is 6.16 Å². The summed E-state index contributed by atoms with van der Waals surface area (Å²) in [6.45, 7) is 12.9. The zero-order valence-corrected chi connectivity index (χ0v) is 8.75. The molecule has 4 nitrogen and oxygen atoms in total. The van der Waals surface area contributed by atoms with Gasteiger partial charge in [0.05, 0.1) is 13.2 Å². The van der Waals surface area contributed by atoms with E-state index in [0.717, 1.165) is 17.6 Å². The van der Waals surface area contributed by atoms with Crippen LogP contribution in [0.4, 0.5) is 4.79 Å². The fraction of sp³-hybridized carbons (Fsp3) is 0.500. The zero-order chi connectivity index (χ0) is 11.6. The molecule has 0 aliphatic carbocycles. The molecule has 0 unspecified atom stereocenters. The molecule has 0 rings (SSSR count). The highest BCUT2D eigenvalue weighted by molar-refractivity contribution is 5.53. The molecule has 0 fully saturated rings. The summed E-state index contributed by atoms with van der Waals surface area (Å²) in [6.07, 6.45) is -0.837. The van der Waals surface area contributed by atoms with Crippen LogP contribution in [-0.2, 0) is 4.74 Å². The van der Waals surface area contributed by atoms with Crippen LogP contribution in [0.5, 0.6) is 0 Å². The van der Waals surface area contributed by atoms with Gasteiger partial charge in [0.1, 0.15) is 0 Å². The highest BCUT2D eigenvalue weighted by Gasteiger charge is 1.90. The fourth-order valence-corrected chi connectivity index (χ4v) is 0.472. The van der Waals surface area contributed by atoms with Gasteiger partial charge < -0.3 is 14.9 Å². The Morgan fingerprint density at radius 1 is 1.29 bits per heavy atom. The van der Waals surface area contributed by atoms with Crippen LogP contribution >= 0.6 is 0 Å². The van der Waals surface area contributed by atoms with Crippen molar-refractivity contribution >= 4 is 6.16 Å². The lowest BCUT2D eigenvalue weighted by atomic mass is 10.2. The molecule has 0 atom stereocenters. The lowest BCUT2D eigenvalue weighted by Gasteiger charge is -2.03. The number of carboxylic acid groups (broad SMARTS) is 2. The van der Waals surface area contributed by atoms with Crippen LogP contribution in [0.15, 0.2) is 24.3 Å². The second-order valence-electron chi connectivity index (χ2n) is 2.84. The molecular formula is C10H18O4. The monoisotopic (exact) mass is 202 g/mol. The highest BCUT2D eigenvalue weighted by Crippen LogP contribution is 1.97. The van der Waals surface area contributed by atoms with Gasteiger partial charge in [-0.05, 0) is 13.3 Å². The lowest BCUT2D eigenvalue weighted by Crippen LogP contribution is -1.98. The van der Waals surface area contributed by atoms with E-state index < -0.39 is 6.16 Å². The van der Waals surface area contributed by atoms with E-state index in [2.05, 4.69) is 20.1 Å². The Morgan fingerprint density at radius 2 is 1.71 bits per heavy atom. The molecule has 0 aromatic rings. The molecular weight excluding hydrogens is 184 g/mol. The molecule has 0 bridgehead atoms. The maximum Gasteiger partial charge on any atom is 0.503 e. The van der Waals surface area contributed by atoms with E-state index in [4.69, 9.17) is 19.7 Å². The van der Waals surface area contributed by atoms with E-state index in [0.29, 0.717) is 13.2 Å². The van der Waals surface area contributed by atoms with Crippen LogP contribution in [-0.4, -0.2) is 29.6 Å². The molecule has 0 amide bonds. The standard InChI is InChI=1S/C9H16O.CH2O3/c1-5-9(4)7-10-6-8(2)3;2-1(3)4/h2,4-7H2,1,3H3;(H2,2,3,4). The van der Waals surface area contributed by atoms with Gasteiger partial charge in [0.25, 0.3) is 0 Å². The number of ether oxygens (including phenoxy) is 1. The maximum absolute atomic E-state index is 8.56. The minimum atomic E-state index is -1.83. The summed E-state index contributed by atoms with van der Waals surface area (Å²) in [5.41, 5.74) is 2.20. The molecule has 0 aliphatic rings. The Balaban J connectivity index is 0. The Bertz CT molecular complexity index is 192. The van der Waals surface area contributed by atoms with Gasteiger partial charge in [0.15, 0.2) is 0 Å². The highest BCUT2D eigenvalue weighted by atomic mass is 16.6. The van der Waals surface area contributed by atoms with Crippen molar-refractivity contribution in [2.24, 2.45) is 0 Å². The van der Waals surface area contributed by atoms with E-state index >= 15 is 0 Å². The Hall–Kier alpha value is -1.29. The van der Waals surface area contributed by atoms with Gasteiger partial charge in [-0.1, -0.05) is 31.2 Å². The Labute approximate surface area is 84.5 Å². The molecule has 0 aromatic heterocycles. The molecule has 0 aliphatic heterocycles. The third kappa shape index (κ3) is 22.4. The van der Waals surface area contributed by atoms with Crippen LogP contribution in [0, 0.1) is 0 Å². The van der Waals surface area contributed by atoms with Crippen LogP contribution in [0.2, 0.25) is 0 Å². The maximum atomic E-state index is 8.56. The summed E-state index contributed by atoms with van der Waals surface area (Å²) in [4.78, 5) is 8.56. The molecule has 2 N–H and O–H groups in total. The second-order valence-corrected chi connectivity index (χ2v) is 2.84. The van der Waals surface area contributed by atoms with E-state index in [1.165, 1.54) is 0 Å². The van der Waals surface area contributed by atoms with Crippen molar-refractivity contribution in [3.05, 3.63) is 24.3 Å². The number of hydrogen-bond donors (Lipinski definition) is 2. The molecule has 0 saturated heterocycles. The van der Waals surface area contributed by atoms with E-state index in [1.54, 1.807) is 0 Å². The van der Waals surface area contributed by atoms with Gasteiger partial charge in [-0.3, -0.25) is 0 Å². The third-order valence-corrected chi connectivity index (χ3v) is 1.15. The van der Waals surface area contributed by atoms with Gasteiger partial charge in [-0.15, -0.1) is 0 Å². The topological polar surface area (TPSA) is 66.8 Å². The quantitative estimate of drug-likeness (QED) is 0.673. The Kier molecular flexibility index (Phi) is 10.6. The van der Waals surface area contributed by atoms with Crippen molar-refractivity contribution in [2.45, 2.75) is 20.3 Å². The van der Waals surface area contributed by atoms with Crippen molar-refractivity contribution in [3.8, 4) is 0 Å². The summed E-state index contributed by atoms with van der Waals surface area (Å²) in [5.74, 6) is 0. The first-order valence-electron chi connectivity index (χ1n) is 4.20. The van der Waals surface area contributed by atoms with E-state index in [1.807, 2.05) is 6.92 Å². The second kappa shape index (κ2) is 9.80. The summed E-state index contributed by atoms with van der Waals surface area (Å²) in [6, 6.07) is 0. The number of hydrogen-bond acceptors (Lipinski definition) is 2. The molecule has 82 valence electrons. The molecule has 0 radical (unpaired) electrons. The van der Waals surface area contributed by atoms with Gasteiger partial charge in [-0.25, -0.2) is 4.79 Å².